The normalized spacial score (nSPS) is 12.5. The van der Waals surface area contributed by atoms with Crippen molar-refractivity contribution in [2.24, 2.45) is 11.7 Å². The molecule has 0 aliphatic heterocycles. The van der Waals surface area contributed by atoms with Crippen LogP contribution < -0.4 is 5.73 Å². The van der Waals surface area contributed by atoms with Crippen LogP contribution in [0.2, 0.25) is 0 Å². The van der Waals surface area contributed by atoms with Gasteiger partial charge in [0.15, 0.2) is 0 Å². The first-order chi connectivity index (χ1) is 4.72. The summed E-state index contributed by atoms with van der Waals surface area (Å²) in [6.45, 7) is 0.310. The SMILES string of the molecule is NCCC(CC=O)C(=O)O. The average Bonchev–Trinajstić information content (AvgIpc) is 1.87. The standard InChI is InChI=1S/C6H11NO3/c7-3-1-5(2-4-8)6(9)10/h4-5H,1-3,7H2,(H,9,10). The van der Waals surface area contributed by atoms with E-state index < -0.39 is 11.9 Å². The maximum Gasteiger partial charge on any atom is 0.306 e. The van der Waals surface area contributed by atoms with E-state index in [1.54, 1.807) is 0 Å². The molecule has 0 aromatic carbocycles. The van der Waals surface area contributed by atoms with Crippen molar-refractivity contribution in [3.63, 3.8) is 0 Å². The van der Waals surface area contributed by atoms with Crippen molar-refractivity contribution in [2.75, 3.05) is 6.54 Å². The molecule has 0 aromatic rings. The van der Waals surface area contributed by atoms with Crippen molar-refractivity contribution in [3.05, 3.63) is 0 Å². The predicted molar refractivity (Wildman–Crippen MR) is 35.5 cm³/mol. The van der Waals surface area contributed by atoms with Gasteiger partial charge in [-0.1, -0.05) is 0 Å². The first-order valence-electron chi connectivity index (χ1n) is 3.09. The smallest absolute Gasteiger partial charge is 0.306 e. The molecule has 0 aliphatic rings. The second-order valence-corrected chi connectivity index (χ2v) is 2.01. The minimum Gasteiger partial charge on any atom is -0.481 e. The topological polar surface area (TPSA) is 80.4 Å². The molecule has 0 aromatic heterocycles. The summed E-state index contributed by atoms with van der Waals surface area (Å²) in [5, 5.41) is 8.42. The van der Waals surface area contributed by atoms with E-state index in [-0.39, 0.29) is 6.42 Å². The predicted octanol–water partition coefficient (Wildman–Crippen LogP) is -0.375. The second-order valence-electron chi connectivity index (χ2n) is 2.01. The van der Waals surface area contributed by atoms with Crippen LogP contribution in [0.4, 0.5) is 0 Å². The Morgan fingerprint density at radius 1 is 1.70 bits per heavy atom. The average molecular weight is 145 g/mol. The molecular weight excluding hydrogens is 134 g/mol. The number of carboxylic acids is 1. The van der Waals surface area contributed by atoms with Crippen molar-refractivity contribution >= 4 is 12.3 Å². The summed E-state index contributed by atoms with van der Waals surface area (Å²) in [7, 11) is 0. The Morgan fingerprint density at radius 2 is 2.30 bits per heavy atom. The molecule has 4 nitrogen and oxygen atoms in total. The molecule has 0 rings (SSSR count). The summed E-state index contributed by atoms with van der Waals surface area (Å²) in [5.74, 6) is -1.54. The number of hydrogen-bond acceptors (Lipinski definition) is 3. The fourth-order valence-electron chi connectivity index (χ4n) is 0.659. The zero-order valence-corrected chi connectivity index (χ0v) is 5.62. The van der Waals surface area contributed by atoms with Crippen LogP contribution in [0.15, 0.2) is 0 Å². The molecule has 0 spiro atoms. The molecule has 0 heterocycles. The molecule has 1 unspecified atom stereocenters. The van der Waals surface area contributed by atoms with E-state index in [1.165, 1.54) is 0 Å². The second kappa shape index (κ2) is 4.93. The maximum absolute atomic E-state index is 10.3. The Hall–Kier alpha value is -0.900. The van der Waals surface area contributed by atoms with E-state index in [0.717, 1.165) is 0 Å². The first kappa shape index (κ1) is 9.10. The van der Waals surface area contributed by atoms with Crippen molar-refractivity contribution in [2.45, 2.75) is 12.8 Å². The van der Waals surface area contributed by atoms with Crippen LogP contribution in [-0.2, 0) is 9.59 Å². The Kier molecular flexibility index (Phi) is 4.49. The fraction of sp³-hybridized carbons (Fsp3) is 0.667. The van der Waals surface area contributed by atoms with Gasteiger partial charge in [-0.2, -0.15) is 0 Å². The lowest BCUT2D eigenvalue weighted by Crippen LogP contribution is -2.18. The highest BCUT2D eigenvalue weighted by Gasteiger charge is 2.14. The zero-order valence-electron chi connectivity index (χ0n) is 5.62. The van der Waals surface area contributed by atoms with Crippen molar-refractivity contribution in [1.29, 1.82) is 0 Å². The number of aliphatic carboxylic acids is 1. The summed E-state index contributed by atoms with van der Waals surface area (Å²) < 4.78 is 0. The molecule has 4 heteroatoms. The first-order valence-corrected chi connectivity index (χ1v) is 3.09. The summed E-state index contributed by atoms with van der Waals surface area (Å²) in [6.07, 6.45) is 1.04. The van der Waals surface area contributed by atoms with Crippen LogP contribution >= 0.6 is 0 Å². The molecule has 0 saturated carbocycles. The summed E-state index contributed by atoms with van der Waals surface area (Å²) in [5.41, 5.74) is 5.12. The van der Waals surface area contributed by atoms with Gasteiger partial charge >= 0.3 is 5.97 Å². The van der Waals surface area contributed by atoms with Gasteiger partial charge in [0, 0.05) is 6.42 Å². The number of rotatable bonds is 5. The molecular formula is C6H11NO3. The largest absolute Gasteiger partial charge is 0.481 e. The van der Waals surface area contributed by atoms with E-state index in [4.69, 9.17) is 10.8 Å². The monoisotopic (exact) mass is 145 g/mol. The third-order valence-corrected chi connectivity index (χ3v) is 1.25. The van der Waals surface area contributed by atoms with Gasteiger partial charge in [0.1, 0.15) is 6.29 Å². The third-order valence-electron chi connectivity index (χ3n) is 1.25. The lowest BCUT2D eigenvalue weighted by atomic mass is 10.0. The zero-order chi connectivity index (χ0) is 7.98. The molecule has 0 bridgehead atoms. The maximum atomic E-state index is 10.3. The van der Waals surface area contributed by atoms with Crippen molar-refractivity contribution in [3.8, 4) is 0 Å². The highest BCUT2D eigenvalue weighted by molar-refractivity contribution is 5.73. The van der Waals surface area contributed by atoms with Gasteiger partial charge < -0.3 is 15.6 Å². The number of carbonyl (C=O) groups is 2. The number of carboxylic acid groups (broad SMARTS) is 1. The van der Waals surface area contributed by atoms with Gasteiger partial charge in [0.2, 0.25) is 0 Å². The molecule has 0 aliphatic carbocycles. The highest BCUT2D eigenvalue weighted by atomic mass is 16.4. The van der Waals surface area contributed by atoms with E-state index in [0.29, 0.717) is 19.3 Å². The van der Waals surface area contributed by atoms with E-state index >= 15 is 0 Å². The number of carbonyl (C=O) groups excluding carboxylic acids is 1. The van der Waals surface area contributed by atoms with Crippen molar-refractivity contribution < 1.29 is 14.7 Å². The molecule has 0 radical (unpaired) electrons. The number of aldehydes is 1. The van der Waals surface area contributed by atoms with E-state index in [2.05, 4.69) is 0 Å². The number of nitrogens with two attached hydrogens (primary N) is 1. The molecule has 58 valence electrons. The van der Waals surface area contributed by atoms with Crippen LogP contribution in [0.3, 0.4) is 0 Å². The van der Waals surface area contributed by atoms with Crippen LogP contribution in [0.25, 0.3) is 0 Å². The minimum absolute atomic E-state index is 0.0620. The quantitative estimate of drug-likeness (QED) is 0.517. The van der Waals surface area contributed by atoms with Gasteiger partial charge in [-0.05, 0) is 13.0 Å². The number of hydrogen-bond donors (Lipinski definition) is 2. The van der Waals surface area contributed by atoms with Crippen LogP contribution in [-0.4, -0.2) is 23.9 Å². The molecule has 1 atom stereocenters. The summed E-state index contributed by atoms with van der Waals surface area (Å²) >= 11 is 0. The summed E-state index contributed by atoms with van der Waals surface area (Å²) in [6, 6.07) is 0. The van der Waals surface area contributed by atoms with E-state index in [1.807, 2.05) is 0 Å². The fourth-order valence-corrected chi connectivity index (χ4v) is 0.659. The summed E-state index contributed by atoms with van der Waals surface area (Å²) in [4.78, 5) is 20.2. The van der Waals surface area contributed by atoms with Gasteiger partial charge in [-0.25, -0.2) is 0 Å². The van der Waals surface area contributed by atoms with Gasteiger partial charge in [0.05, 0.1) is 5.92 Å². The molecule has 0 amide bonds. The highest BCUT2D eigenvalue weighted by Crippen LogP contribution is 2.04. The van der Waals surface area contributed by atoms with Gasteiger partial charge in [-0.3, -0.25) is 4.79 Å². The molecule has 0 fully saturated rings. The lowest BCUT2D eigenvalue weighted by Gasteiger charge is -2.04. The molecule has 10 heavy (non-hydrogen) atoms. The third kappa shape index (κ3) is 3.19. The van der Waals surface area contributed by atoms with Crippen LogP contribution in [0.1, 0.15) is 12.8 Å². The Balaban J connectivity index is 3.71. The van der Waals surface area contributed by atoms with E-state index in [9.17, 15) is 9.59 Å². The van der Waals surface area contributed by atoms with Gasteiger partial charge in [0.25, 0.3) is 0 Å². The minimum atomic E-state index is -0.947. The molecule has 3 N–H and O–H groups in total. The van der Waals surface area contributed by atoms with Crippen molar-refractivity contribution in [1.82, 2.24) is 0 Å². The lowest BCUT2D eigenvalue weighted by molar-refractivity contribution is -0.142. The Bertz CT molecular complexity index is 124. The van der Waals surface area contributed by atoms with Gasteiger partial charge in [-0.15, -0.1) is 0 Å². The van der Waals surface area contributed by atoms with Crippen LogP contribution in [0.5, 0.6) is 0 Å². The Labute approximate surface area is 59.0 Å². The molecule has 0 saturated heterocycles. The Morgan fingerprint density at radius 3 is 2.60 bits per heavy atom. The van der Waals surface area contributed by atoms with Crippen LogP contribution in [0, 0.1) is 5.92 Å².